The molecule has 2 aromatic rings. The molecule has 1 N–H and O–H groups in total. The zero-order valence-corrected chi connectivity index (χ0v) is 15.4. The molecule has 0 bridgehead atoms. The van der Waals surface area contributed by atoms with E-state index in [1.54, 1.807) is 31.3 Å². The van der Waals surface area contributed by atoms with Gasteiger partial charge >= 0.3 is 0 Å². The van der Waals surface area contributed by atoms with Gasteiger partial charge in [-0.3, -0.25) is 9.48 Å². The third-order valence-electron chi connectivity index (χ3n) is 3.79. The molecule has 0 saturated carbocycles. The van der Waals surface area contributed by atoms with Crippen molar-refractivity contribution in [1.29, 1.82) is 0 Å². The molecular weight excluding hydrogens is 333 g/mol. The molecule has 0 saturated heterocycles. The Balaban J connectivity index is 1.97. The van der Waals surface area contributed by atoms with Crippen LogP contribution in [0.4, 0.5) is 4.39 Å². The van der Waals surface area contributed by atoms with Crippen LogP contribution in [0.25, 0.3) is 0 Å². The number of nitrogens with zero attached hydrogens (tertiary/aromatic N) is 2. The summed E-state index contributed by atoms with van der Waals surface area (Å²) in [5, 5.41) is 6.97. The van der Waals surface area contributed by atoms with E-state index in [2.05, 4.69) is 22.3 Å². The van der Waals surface area contributed by atoms with Crippen molar-refractivity contribution in [3.8, 4) is 17.6 Å². The molecule has 0 unspecified atom stereocenters. The number of hydrogen-bond acceptors (Lipinski definition) is 3. The van der Waals surface area contributed by atoms with E-state index in [1.165, 1.54) is 4.68 Å². The van der Waals surface area contributed by atoms with Crippen LogP contribution in [0.1, 0.15) is 48.4 Å². The quantitative estimate of drug-likeness (QED) is 0.611. The SMILES string of the molecule is CCC#CCCOc1cccc(CNC(=O)c2cc(CC)nn2C)c1F. The van der Waals surface area contributed by atoms with E-state index >= 15 is 0 Å². The molecular formula is C20H24FN3O2. The smallest absolute Gasteiger partial charge is 0.269 e. The average Bonchev–Trinajstić information content (AvgIpc) is 3.02. The summed E-state index contributed by atoms with van der Waals surface area (Å²) in [5.41, 5.74) is 1.66. The number of halogens is 1. The molecule has 0 atom stereocenters. The number of aromatic nitrogens is 2. The van der Waals surface area contributed by atoms with Gasteiger partial charge in [0.2, 0.25) is 0 Å². The van der Waals surface area contributed by atoms with Crippen molar-refractivity contribution in [1.82, 2.24) is 15.1 Å². The number of nitrogens with one attached hydrogen (secondary N) is 1. The van der Waals surface area contributed by atoms with Gasteiger partial charge in [-0.1, -0.05) is 31.9 Å². The Morgan fingerprint density at radius 2 is 2.15 bits per heavy atom. The number of hydrogen-bond donors (Lipinski definition) is 1. The second-order valence-electron chi connectivity index (χ2n) is 5.72. The van der Waals surface area contributed by atoms with E-state index < -0.39 is 5.82 Å². The molecule has 0 aliphatic rings. The Bertz CT molecular complexity index is 818. The molecule has 0 aliphatic carbocycles. The van der Waals surface area contributed by atoms with Crippen molar-refractivity contribution < 1.29 is 13.9 Å². The fourth-order valence-corrected chi connectivity index (χ4v) is 2.41. The third kappa shape index (κ3) is 5.09. The number of rotatable bonds is 7. The van der Waals surface area contributed by atoms with E-state index in [4.69, 9.17) is 4.74 Å². The van der Waals surface area contributed by atoms with Crippen molar-refractivity contribution in [2.45, 2.75) is 39.7 Å². The van der Waals surface area contributed by atoms with Gasteiger partial charge in [-0.2, -0.15) is 5.10 Å². The van der Waals surface area contributed by atoms with Gasteiger partial charge in [0, 0.05) is 32.0 Å². The first kappa shape index (κ1) is 19.5. The van der Waals surface area contributed by atoms with Crippen LogP contribution in [0.2, 0.25) is 0 Å². The molecule has 1 heterocycles. The summed E-state index contributed by atoms with van der Waals surface area (Å²) < 4.78 is 21.5. The minimum atomic E-state index is -0.462. The summed E-state index contributed by atoms with van der Waals surface area (Å²) in [6, 6.07) is 6.64. The lowest BCUT2D eigenvalue weighted by atomic mass is 10.2. The zero-order chi connectivity index (χ0) is 18.9. The Kier molecular flexibility index (Phi) is 7.22. The third-order valence-corrected chi connectivity index (χ3v) is 3.79. The van der Waals surface area contributed by atoms with Crippen molar-refractivity contribution in [3.05, 3.63) is 47.0 Å². The van der Waals surface area contributed by atoms with Crippen molar-refractivity contribution in [2.24, 2.45) is 7.05 Å². The lowest BCUT2D eigenvalue weighted by molar-refractivity contribution is 0.0941. The first-order valence-electron chi connectivity index (χ1n) is 8.73. The van der Waals surface area contributed by atoms with E-state index in [-0.39, 0.29) is 18.2 Å². The summed E-state index contributed by atoms with van der Waals surface area (Å²) in [7, 11) is 1.71. The summed E-state index contributed by atoms with van der Waals surface area (Å²) >= 11 is 0. The standard InChI is InChI=1S/C20H24FN3O2/c1-4-6-7-8-12-26-18-11-9-10-15(19(18)21)14-22-20(25)17-13-16(5-2)23-24(17)3/h9-11,13H,4-5,8,12,14H2,1-3H3,(H,22,25). The summed E-state index contributed by atoms with van der Waals surface area (Å²) in [6.07, 6.45) is 2.09. The second-order valence-corrected chi connectivity index (χ2v) is 5.72. The van der Waals surface area contributed by atoms with E-state index in [0.717, 1.165) is 18.5 Å². The number of aryl methyl sites for hydroxylation is 2. The van der Waals surface area contributed by atoms with Crippen LogP contribution in [-0.4, -0.2) is 22.3 Å². The number of amides is 1. The van der Waals surface area contributed by atoms with E-state index in [0.29, 0.717) is 24.3 Å². The first-order chi connectivity index (χ1) is 12.6. The topological polar surface area (TPSA) is 56.1 Å². The average molecular weight is 357 g/mol. The largest absolute Gasteiger partial charge is 0.490 e. The van der Waals surface area contributed by atoms with E-state index in [9.17, 15) is 9.18 Å². The normalized spacial score (nSPS) is 10.2. The fraction of sp³-hybridized carbons (Fsp3) is 0.400. The second kappa shape index (κ2) is 9.62. The van der Waals surface area contributed by atoms with Gasteiger partial charge in [-0.05, 0) is 18.6 Å². The van der Waals surface area contributed by atoms with Gasteiger partial charge in [0.25, 0.3) is 5.91 Å². The van der Waals surface area contributed by atoms with Crippen molar-refractivity contribution in [2.75, 3.05) is 6.61 Å². The molecule has 6 heteroatoms. The predicted octanol–water partition coefficient (Wildman–Crippen LogP) is 3.23. The molecule has 1 amide bonds. The molecule has 26 heavy (non-hydrogen) atoms. The Morgan fingerprint density at radius 3 is 2.85 bits per heavy atom. The van der Waals surface area contributed by atoms with Gasteiger partial charge in [-0.15, -0.1) is 5.92 Å². The highest BCUT2D eigenvalue weighted by molar-refractivity contribution is 5.92. The van der Waals surface area contributed by atoms with Crippen LogP contribution in [0, 0.1) is 17.7 Å². The molecule has 0 radical (unpaired) electrons. The monoisotopic (exact) mass is 357 g/mol. The van der Waals surface area contributed by atoms with E-state index in [1.807, 2.05) is 13.8 Å². The molecule has 2 rings (SSSR count). The molecule has 1 aromatic carbocycles. The summed E-state index contributed by atoms with van der Waals surface area (Å²) in [4.78, 5) is 12.3. The molecule has 138 valence electrons. The lowest BCUT2D eigenvalue weighted by Gasteiger charge is -2.10. The van der Waals surface area contributed by atoms with Crippen LogP contribution in [0.5, 0.6) is 5.75 Å². The van der Waals surface area contributed by atoms with Crippen LogP contribution in [0.15, 0.2) is 24.3 Å². The van der Waals surface area contributed by atoms with Gasteiger partial charge in [0.05, 0.1) is 12.3 Å². The Hall–Kier alpha value is -2.81. The first-order valence-corrected chi connectivity index (χ1v) is 8.73. The molecule has 1 aromatic heterocycles. The highest BCUT2D eigenvalue weighted by Crippen LogP contribution is 2.20. The number of carbonyl (C=O) groups is 1. The number of ether oxygens (including phenoxy) is 1. The number of benzene rings is 1. The Morgan fingerprint density at radius 1 is 1.35 bits per heavy atom. The van der Waals surface area contributed by atoms with Crippen LogP contribution < -0.4 is 10.1 Å². The maximum absolute atomic E-state index is 14.5. The zero-order valence-electron chi connectivity index (χ0n) is 15.4. The van der Waals surface area contributed by atoms with Crippen LogP contribution in [0.3, 0.4) is 0 Å². The minimum Gasteiger partial charge on any atom is -0.490 e. The van der Waals surface area contributed by atoms with Crippen molar-refractivity contribution in [3.63, 3.8) is 0 Å². The summed E-state index contributed by atoms with van der Waals surface area (Å²) in [5.74, 6) is 5.30. The fourth-order valence-electron chi connectivity index (χ4n) is 2.41. The molecule has 0 aliphatic heterocycles. The van der Waals surface area contributed by atoms with Gasteiger partial charge in [0.1, 0.15) is 5.69 Å². The minimum absolute atomic E-state index is 0.0736. The van der Waals surface area contributed by atoms with Gasteiger partial charge in [-0.25, -0.2) is 4.39 Å². The maximum atomic E-state index is 14.5. The van der Waals surface area contributed by atoms with Gasteiger partial charge < -0.3 is 10.1 Å². The summed E-state index contributed by atoms with van der Waals surface area (Å²) in [6.45, 7) is 4.34. The van der Waals surface area contributed by atoms with Crippen LogP contribution >= 0.6 is 0 Å². The highest BCUT2D eigenvalue weighted by Gasteiger charge is 2.14. The van der Waals surface area contributed by atoms with Crippen LogP contribution in [-0.2, 0) is 20.0 Å². The van der Waals surface area contributed by atoms with Crippen molar-refractivity contribution >= 4 is 5.91 Å². The molecule has 5 nitrogen and oxygen atoms in total. The Labute approximate surface area is 153 Å². The predicted molar refractivity (Wildman–Crippen MR) is 98.3 cm³/mol. The number of carbonyl (C=O) groups excluding carboxylic acids is 1. The lowest BCUT2D eigenvalue weighted by Crippen LogP contribution is -2.25. The highest BCUT2D eigenvalue weighted by atomic mass is 19.1. The maximum Gasteiger partial charge on any atom is 0.269 e. The molecule has 0 spiro atoms. The molecule has 0 fully saturated rings. The van der Waals surface area contributed by atoms with Gasteiger partial charge in [0.15, 0.2) is 11.6 Å².